The molecular weight excluding hydrogens is 795 g/mol. The molecule has 0 amide bonds. The monoisotopic (exact) mass is 871 g/mol. The number of nitrogens with one attached hydrogen (secondary N) is 6. The minimum Gasteiger partial charge on any atom is -0.361 e. The first kappa shape index (κ1) is 50.6. The molecule has 0 aromatic carbocycles. The molecule has 0 aromatic rings. The fourth-order valence-corrected chi connectivity index (χ4v) is 12.9. The summed E-state index contributed by atoms with van der Waals surface area (Å²) in [5.41, 5.74) is 0. The zero-order valence-corrected chi connectivity index (χ0v) is 43.4. The topological polar surface area (TPSA) is 130 Å². The van der Waals surface area contributed by atoms with E-state index in [1.54, 1.807) is 0 Å². The van der Waals surface area contributed by atoms with Crippen molar-refractivity contribution in [3.05, 3.63) is 0 Å². The van der Waals surface area contributed by atoms with Crippen molar-refractivity contribution >= 4 is 127 Å². The van der Waals surface area contributed by atoms with Gasteiger partial charge in [0.05, 0.1) is 0 Å². The smallest absolute Gasteiger partial charge is 0.361 e. The molecule has 6 N–H and O–H groups in total. The number of fused-ring (bicyclic) bond motifs is 10. The molecule has 7 bridgehead atoms. The van der Waals surface area contributed by atoms with Gasteiger partial charge in [-0.15, -0.1) is 0 Å². The van der Waals surface area contributed by atoms with Crippen molar-refractivity contribution in [3.8, 4) is 0 Å². The Kier molecular flexibility index (Phi) is 14.8. The Morgan fingerprint density at radius 3 is 1.03 bits per heavy atom. The van der Waals surface area contributed by atoms with Crippen molar-refractivity contribution in [1.82, 2.24) is 116 Å². The lowest BCUT2D eigenvalue weighted by atomic mass is 9.36. The third-order valence-electron chi connectivity index (χ3n) is 17.6. The molecule has 0 atom stereocenters. The van der Waals surface area contributed by atoms with Gasteiger partial charge in [-0.3, -0.25) is 0 Å². The van der Waals surface area contributed by atoms with Gasteiger partial charge in [-0.25, -0.2) is 0 Å². The van der Waals surface area contributed by atoms with Crippen LogP contribution >= 0.6 is 0 Å². The number of hydrogen-bond donors (Lipinski definition) is 6. The summed E-state index contributed by atoms with van der Waals surface area (Å²) in [6, 6.07) is 0. The molecule has 8 fully saturated rings. The molecule has 0 aromatic heterocycles. The summed E-state index contributed by atoms with van der Waals surface area (Å²) in [7, 11) is 36.1. The highest BCUT2D eigenvalue weighted by Gasteiger charge is 2.68. The molecule has 8 aliphatic heterocycles. The molecule has 0 radical (unpaired) electrons. The van der Waals surface area contributed by atoms with Gasteiger partial charge in [0, 0.05) is 0 Å². The van der Waals surface area contributed by atoms with E-state index >= 15 is 0 Å². The van der Waals surface area contributed by atoms with Gasteiger partial charge in [-0.05, 0) is 120 Å². The van der Waals surface area contributed by atoms with E-state index in [0.717, 1.165) is 0 Å². The van der Waals surface area contributed by atoms with E-state index in [-0.39, 0.29) is 127 Å². The predicted molar refractivity (Wildman–Crippen MR) is 286 cm³/mol. The zero-order valence-electron chi connectivity index (χ0n) is 43.4. The molecule has 8 saturated heterocycles. The first-order valence-electron chi connectivity index (χ1n) is 23.6. The summed E-state index contributed by atoms with van der Waals surface area (Å²) in [6.45, 7) is 12.3. The largest absolute Gasteiger partial charge is 0.381 e. The Morgan fingerprint density at radius 2 is 0.562 bits per heavy atom. The predicted octanol–water partition coefficient (Wildman–Crippen LogP) is -9.83. The Balaban J connectivity index is 1.39. The highest BCUT2D eigenvalue weighted by molar-refractivity contribution is 7.06. The first-order chi connectivity index (χ1) is 30.0. The van der Waals surface area contributed by atoms with Gasteiger partial charge in [-0.2, -0.15) is 0 Å². The zero-order chi connectivity index (χ0) is 47.0. The van der Waals surface area contributed by atoms with Crippen LogP contribution in [-0.2, 0) is 0 Å². The molecule has 0 unspecified atom stereocenters. The first-order valence-corrected chi connectivity index (χ1v) is 23.6. The number of hydrogen-bond acceptors (Lipinski definition) is 24. The second-order valence-corrected chi connectivity index (χ2v) is 20.5. The van der Waals surface area contributed by atoms with Crippen LogP contribution < -0.4 is 31.0 Å². The van der Waals surface area contributed by atoms with Crippen LogP contribution in [0.2, 0.25) is 34.1 Å². The van der Waals surface area contributed by atoms with Crippen LogP contribution in [0.5, 0.6) is 0 Å². The quantitative estimate of drug-likeness (QED) is 0.147. The minimum absolute atomic E-state index is 0.0556. The fraction of sp³-hybridized carbons (Fsp3) is 1.00. The number of nitrogens with zero attached hydrogens (tertiary/aromatic N) is 18. The maximum Gasteiger partial charge on any atom is 0.381 e. The Labute approximate surface area is 395 Å². The van der Waals surface area contributed by atoms with Crippen LogP contribution in [0.4, 0.5) is 0 Å². The summed E-state index contributed by atoms with van der Waals surface area (Å²) in [5, 5.41) is 25.0. The number of rotatable bonds is 2. The van der Waals surface area contributed by atoms with Crippen molar-refractivity contribution in [2.45, 2.75) is 34.1 Å². The van der Waals surface area contributed by atoms with Crippen LogP contribution in [0.1, 0.15) is 0 Å². The maximum atomic E-state index is 4.45. The van der Waals surface area contributed by atoms with E-state index < -0.39 is 0 Å². The lowest BCUT2D eigenvalue weighted by molar-refractivity contribution is 0.433. The average Bonchev–Trinajstić information content (AvgIpc) is 3.25. The van der Waals surface area contributed by atoms with Crippen LogP contribution in [-0.4, -0.2) is 332 Å². The summed E-state index contributed by atoms with van der Waals surface area (Å²) in [5.74, 6) is 0. The average molecular weight is 868 g/mol. The molecular formula is C22H72B18N24. The Hall–Kier alpha value is 0.209. The summed E-state index contributed by atoms with van der Waals surface area (Å²) in [4.78, 5) is 0. The van der Waals surface area contributed by atoms with Gasteiger partial charge in [0.25, 0.3) is 34.9 Å². The van der Waals surface area contributed by atoms with Crippen LogP contribution in [0.3, 0.4) is 0 Å². The van der Waals surface area contributed by atoms with Crippen molar-refractivity contribution in [2.75, 3.05) is 120 Å². The maximum absolute atomic E-state index is 4.45. The Morgan fingerprint density at radius 1 is 0.250 bits per heavy atom. The van der Waals surface area contributed by atoms with Gasteiger partial charge in [0.2, 0.25) is 0 Å². The van der Waals surface area contributed by atoms with Crippen molar-refractivity contribution in [2.24, 2.45) is 0 Å². The highest BCUT2D eigenvalue weighted by Crippen LogP contribution is 2.31. The molecule has 8 heterocycles. The third-order valence-corrected chi connectivity index (χ3v) is 17.6. The van der Waals surface area contributed by atoms with Crippen molar-refractivity contribution in [3.63, 3.8) is 0 Å². The van der Waals surface area contributed by atoms with E-state index in [9.17, 15) is 0 Å². The molecule has 64 heavy (non-hydrogen) atoms. The molecule has 0 spiro atoms. The van der Waals surface area contributed by atoms with Crippen molar-refractivity contribution in [1.29, 1.82) is 0 Å². The normalized spacial score (nSPS) is 28.2. The van der Waals surface area contributed by atoms with Crippen LogP contribution in [0, 0.1) is 0 Å². The summed E-state index contributed by atoms with van der Waals surface area (Å²) < 4.78 is 45.6. The Bertz CT molecular complexity index is 1660. The standard InChI is InChI=1S/C22H72B18N24/c1-23-47(8)27(5)62-34(50(23)11)45-36-52(13)25(3)53(14)37-46-35-51(12)24(2)48(9)29(42-7)63(35)39-57(18)28(41-6)55(16)31(59(39)20)44-33-56(17)32(60(21)40(61(33)22)64(36)37)43-30-49(10)26(4)54(15)38(62)58(30)19/h41-46H,1-22H3. The second-order valence-electron chi connectivity index (χ2n) is 20.5. The molecule has 0 aliphatic carbocycles. The van der Waals surface area contributed by atoms with E-state index in [4.69, 9.17) is 0 Å². The molecule has 24 nitrogen and oxygen atoms in total. The molecule has 8 aliphatic rings. The minimum atomic E-state index is -0.251. The fourth-order valence-electron chi connectivity index (χ4n) is 12.9. The molecule has 334 valence electrons. The van der Waals surface area contributed by atoms with Crippen LogP contribution in [0.15, 0.2) is 0 Å². The van der Waals surface area contributed by atoms with E-state index in [0.29, 0.717) is 0 Å². The van der Waals surface area contributed by atoms with Crippen LogP contribution in [0.25, 0.3) is 0 Å². The SMILES string of the molecule is CNB1N(C)B2NB3N(C)B4NB5N(C)B(C)N(C)B(N5C)N5B(C)N(C)B(C)N(C)B5NB5N(C)B(C)N(C)B(NB6N(C)B(C)N(C)B(NC)N6B(N1C)N2C)N5B(N4C)N3C. The lowest BCUT2D eigenvalue weighted by Crippen LogP contribution is -2.99. The van der Waals surface area contributed by atoms with Gasteiger partial charge in [0.15, 0.2) is 0 Å². The summed E-state index contributed by atoms with van der Waals surface area (Å²) >= 11 is 0. The van der Waals surface area contributed by atoms with E-state index in [1.165, 1.54) is 0 Å². The third kappa shape index (κ3) is 7.51. The molecule has 0 saturated carbocycles. The van der Waals surface area contributed by atoms with Crippen molar-refractivity contribution < 1.29 is 0 Å². The lowest BCUT2D eigenvalue weighted by Gasteiger charge is -2.65. The van der Waals surface area contributed by atoms with Gasteiger partial charge >= 0.3 is 92.5 Å². The van der Waals surface area contributed by atoms with Gasteiger partial charge in [0.1, 0.15) is 0 Å². The van der Waals surface area contributed by atoms with E-state index in [1.807, 2.05) is 0 Å². The van der Waals surface area contributed by atoms with Gasteiger partial charge in [-0.1, -0.05) is 34.1 Å². The summed E-state index contributed by atoms with van der Waals surface area (Å²) in [6.07, 6.45) is 0. The van der Waals surface area contributed by atoms with Gasteiger partial charge < -0.3 is 116 Å². The van der Waals surface area contributed by atoms with E-state index in [2.05, 4.69) is 270 Å². The second kappa shape index (κ2) is 18.8. The molecule has 8 rings (SSSR count). The molecule has 42 heteroatoms. The highest BCUT2D eigenvalue weighted by atomic mass is 15.5.